The van der Waals surface area contributed by atoms with Crippen molar-refractivity contribution in [2.24, 2.45) is 4.99 Å². The van der Waals surface area contributed by atoms with E-state index in [4.69, 9.17) is 0 Å². The van der Waals surface area contributed by atoms with E-state index in [1.54, 1.807) is 0 Å². The molecule has 1 aliphatic rings. The maximum Gasteiger partial charge on any atom is 0.191 e. The fraction of sp³-hybridized carbons (Fsp3) is 0.471. The number of anilines is 1. The van der Waals surface area contributed by atoms with Crippen molar-refractivity contribution in [3.63, 3.8) is 0 Å². The number of nitrogens with one attached hydrogen (secondary N) is 2. The summed E-state index contributed by atoms with van der Waals surface area (Å²) in [4.78, 5) is 6.42. The summed E-state index contributed by atoms with van der Waals surface area (Å²) in [5.41, 5.74) is 3.83. The number of hydrogen-bond acceptors (Lipinski definition) is 2. The maximum atomic E-state index is 4.30. The van der Waals surface area contributed by atoms with Gasteiger partial charge in [0.1, 0.15) is 0 Å². The van der Waals surface area contributed by atoms with Crippen molar-refractivity contribution < 1.29 is 0 Å². The van der Waals surface area contributed by atoms with Crippen LogP contribution in [0.3, 0.4) is 0 Å². The molecule has 1 aromatic rings. The number of aryl methyl sites for hydroxylation is 1. The van der Waals surface area contributed by atoms with Crippen LogP contribution in [-0.2, 0) is 6.54 Å². The molecule has 0 saturated heterocycles. The lowest BCUT2D eigenvalue weighted by molar-refractivity contribution is 0.633. The number of guanidine groups is 1. The molecule has 4 heteroatoms. The van der Waals surface area contributed by atoms with Gasteiger partial charge in [-0.25, -0.2) is 0 Å². The predicted molar refractivity (Wildman–Crippen MR) is 91.0 cm³/mol. The van der Waals surface area contributed by atoms with Crippen LogP contribution in [0.25, 0.3) is 0 Å². The second-order valence-electron chi connectivity index (χ2n) is 5.72. The Balaban J connectivity index is 1.92. The Labute approximate surface area is 128 Å². The molecule has 0 aromatic heterocycles. The average molecular weight is 286 g/mol. The van der Waals surface area contributed by atoms with Gasteiger partial charge in [0, 0.05) is 39.4 Å². The molecule has 2 rings (SSSR count). The van der Waals surface area contributed by atoms with E-state index in [1.807, 2.05) is 7.05 Å². The molecule has 0 aliphatic heterocycles. The van der Waals surface area contributed by atoms with Crippen molar-refractivity contribution in [3.8, 4) is 0 Å². The zero-order chi connectivity index (χ0) is 15.2. The molecule has 4 nitrogen and oxygen atoms in total. The number of hydrogen-bond donors (Lipinski definition) is 2. The molecule has 1 aliphatic carbocycles. The Morgan fingerprint density at radius 3 is 2.57 bits per heavy atom. The van der Waals surface area contributed by atoms with Gasteiger partial charge < -0.3 is 15.5 Å². The van der Waals surface area contributed by atoms with Gasteiger partial charge in [-0.15, -0.1) is 0 Å². The molecule has 1 aromatic carbocycles. The quantitative estimate of drug-likeness (QED) is 0.507. The van der Waals surface area contributed by atoms with Crippen molar-refractivity contribution in [2.75, 3.05) is 26.0 Å². The highest BCUT2D eigenvalue weighted by atomic mass is 15.2. The van der Waals surface area contributed by atoms with Gasteiger partial charge in [-0.1, -0.05) is 18.2 Å². The van der Waals surface area contributed by atoms with Gasteiger partial charge in [0.15, 0.2) is 5.96 Å². The monoisotopic (exact) mass is 286 g/mol. The van der Waals surface area contributed by atoms with E-state index >= 15 is 0 Å². The van der Waals surface area contributed by atoms with Crippen LogP contribution in [0.4, 0.5) is 5.69 Å². The summed E-state index contributed by atoms with van der Waals surface area (Å²) in [5.74, 6) is 0.875. The summed E-state index contributed by atoms with van der Waals surface area (Å²) < 4.78 is 0. The van der Waals surface area contributed by atoms with Crippen molar-refractivity contribution in [1.82, 2.24) is 10.6 Å². The van der Waals surface area contributed by atoms with Gasteiger partial charge in [-0.05, 0) is 43.0 Å². The zero-order valence-corrected chi connectivity index (χ0v) is 13.5. The molecule has 21 heavy (non-hydrogen) atoms. The fourth-order valence-electron chi connectivity index (χ4n) is 2.46. The first-order valence-corrected chi connectivity index (χ1v) is 7.49. The summed E-state index contributed by atoms with van der Waals surface area (Å²) in [5, 5.41) is 6.85. The van der Waals surface area contributed by atoms with E-state index in [0.29, 0.717) is 6.04 Å². The fourth-order valence-corrected chi connectivity index (χ4v) is 2.46. The molecular formula is C17H26N4. The minimum atomic E-state index is 0.480. The Morgan fingerprint density at radius 1 is 1.29 bits per heavy atom. The van der Waals surface area contributed by atoms with Gasteiger partial charge in [0.2, 0.25) is 0 Å². The van der Waals surface area contributed by atoms with E-state index in [0.717, 1.165) is 25.3 Å². The first-order valence-electron chi connectivity index (χ1n) is 7.49. The Kier molecular flexibility index (Phi) is 5.26. The molecule has 0 fully saturated rings. The lowest BCUT2D eigenvalue weighted by atomic mass is 10.1. The lowest BCUT2D eigenvalue weighted by Gasteiger charge is -2.18. The number of benzene rings is 1. The largest absolute Gasteiger partial charge is 0.378 e. The number of aliphatic imine (C=N–C) groups is 1. The molecule has 2 N–H and O–H groups in total. The lowest BCUT2D eigenvalue weighted by Crippen LogP contribution is -2.42. The highest BCUT2D eigenvalue weighted by Crippen LogP contribution is 2.17. The molecule has 0 atom stereocenters. The highest BCUT2D eigenvalue weighted by molar-refractivity contribution is 5.80. The first-order chi connectivity index (χ1) is 10.1. The van der Waals surface area contributed by atoms with Gasteiger partial charge >= 0.3 is 0 Å². The maximum absolute atomic E-state index is 4.30. The second kappa shape index (κ2) is 7.16. The summed E-state index contributed by atoms with van der Waals surface area (Å²) >= 11 is 0. The van der Waals surface area contributed by atoms with Gasteiger partial charge in [-0.2, -0.15) is 0 Å². The predicted octanol–water partition coefficient (Wildman–Crippen LogP) is 2.44. The van der Waals surface area contributed by atoms with Gasteiger partial charge in [0.05, 0.1) is 0 Å². The topological polar surface area (TPSA) is 39.7 Å². The van der Waals surface area contributed by atoms with Crippen LogP contribution in [0.1, 0.15) is 24.0 Å². The van der Waals surface area contributed by atoms with Crippen molar-refractivity contribution >= 4 is 11.6 Å². The Morgan fingerprint density at radius 2 is 2.00 bits per heavy atom. The third kappa shape index (κ3) is 4.25. The molecule has 0 heterocycles. The van der Waals surface area contributed by atoms with Crippen LogP contribution < -0.4 is 15.5 Å². The molecule has 0 bridgehead atoms. The summed E-state index contributed by atoms with van der Waals surface area (Å²) in [6, 6.07) is 7.03. The average Bonchev–Trinajstić information content (AvgIpc) is 2.97. The van der Waals surface area contributed by atoms with Crippen LogP contribution in [0.15, 0.2) is 35.3 Å². The molecule has 0 saturated carbocycles. The summed E-state index contributed by atoms with van der Waals surface area (Å²) in [6.07, 6.45) is 6.60. The first kappa shape index (κ1) is 15.4. The smallest absolute Gasteiger partial charge is 0.191 e. The zero-order valence-electron chi connectivity index (χ0n) is 13.5. The molecule has 0 amide bonds. The normalized spacial score (nSPS) is 15.3. The van der Waals surface area contributed by atoms with E-state index in [2.05, 4.69) is 71.9 Å². The summed E-state index contributed by atoms with van der Waals surface area (Å²) in [6.45, 7) is 2.94. The minimum Gasteiger partial charge on any atom is -0.378 e. The SMILES string of the molecule is CN=C(NCc1ccc(N(C)C)cc1C)NC1CC=CC1. The van der Waals surface area contributed by atoms with Crippen LogP contribution in [-0.4, -0.2) is 33.1 Å². The van der Waals surface area contributed by atoms with Crippen molar-refractivity contribution in [3.05, 3.63) is 41.5 Å². The van der Waals surface area contributed by atoms with Crippen molar-refractivity contribution in [1.29, 1.82) is 0 Å². The van der Waals surface area contributed by atoms with Crippen LogP contribution in [0.2, 0.25) is 0 Å². The highest BCUT2D eigenvalue weighted by Gasteiger charge is 2.11. The van der Waals surface area contributed by atoms with E-state index < -0.39 is 0 Å². The summed E-state index contributed by atoms with van der Waals surface area (Å²) in [7, 11) is 5.95. The number of rotatable bonds is 4. The van der Waals surface area contributed by atoms with Crippen LogP contribution in [0, 0.1) is 6.92 Å². The third-order valence-electron chi connectivity index (χ3n) is 3.86. The molecular weight excluding hydrogens is 260 g/mol. The van der Waals surface area contributed by atoms with Gasteiger partial charge in [0.25, 0.3) is 0 Å². The minimum absolute atomic E-state index is 0.480. The van der Waals surface area contributed by atoms with Crippen molar-refractivity contribution in [2.45, 2.75) is 32.4 Å². The molecule has 0 unspecified atom stereocenters. The standard InChI is InChI=1S/C17H26N4/c1-13-11-16(21(3)4)10-9-14(13)12-19-17(18-2)20-15-7-5-6-8-15/h5-6,9-11,15H,7-8,12H2,1-4H3,(H2,18,19,20). The third-order valence-corrected chi connectivity index (χ3v) is 3.86. The number of nitrogens with zero attached hydrogens (tertiary/aromatic N) is 2. The van der Waals surface area contributed by atoms with E-state index in [-0.39, 0.29) is 0 Å². The van der Waals surface area contributed by atoms with Gasteiger partial charge in [-0.3, -0.25) is 4.99 Å². The van der Waals surface area contributed by atoms with E-state index in [1.165, 1.54) is 16.8 Å². The Bertz CT molecular complexity index is 524. The molecule has 114 valence electrons. The second-order valence-corrected chi connectivity index (χ2v) is 5.72. The van der Waals surface area contributed by atoms with E-state index in [9.17, 15) is 0 Å². The Hall–Kier alpha value is -1.97. The van der Waals surface area contributed by atoms with Crippen LogP contribution >= 0.6 is 0 Å². The molecule has 0 spiro atoms. The molecule has 0 radical (unpaired) electrons. The van der Waals surface area contributed by atoms with Crippen LogP contribution in [0.5, 0.6) is 0 Å².